The van der Waals surface area contributed by atoms with Gasteiger partial charge in [0.05, 0.1) is 12.2 Å². The molecule has 0 saturated heterocycles. The Bertz CT molecular complexity index is 740. The molecule has 0 aliphatic heterocycles. The Labute approximate surface area is 122 Å². The molecule has 6 nitrogen and oxygen atoms in total. The molecule has 106 valence electrons. The predicted molar refractivity (Wildman–Crippen MR) is 78.6 cm³/mol. The molecule has 2 heterocycles. The number of benzene rings is 1. The molecule has 3 rings (SSSR count). The van der Waals surface area contributed by atoms with Gasteiger partial charge in [-0.15, -0.1) is 10.2 Å². The lowest BCUT2D eigenvalue weighted by Crippen LogP contribution is -2.04. The van der Waals surface area contributed by atoms with Crippen LogP contribution in [0.5, 0.6) is 0 Å². The average Bonchev–Trinajstić information content (AvgIpc) is 3.01. The zero-order valence-corrected chi connectivity index (χ0v) is 11.9. The summed E-state index contributed by atoms with van der Waals surface area (Å²) < 4.78 is 5.22. The number of aryl methyl sites for hydroxylation is 2. The van der Waals surface area contributed by atoms with Gasteiger partial charge in [0, 0.05) is 17.4 Å². The van der Waals surface area contributed by atoms with E-state index in [4.69, 9.17) is 4.42 Å². The highest BCUT2D eigenvalue weighted by atomic mass is 16.4. The quantitative estimate of drug-likeness (QED) is 0.792. The standard InChI is InChI=1S/C15H15N5O/c1-10-3-4-12(15-20-18-9-21-15)7-14(10)17-8-13-5-6-16-11(2)19-13/h3-7,9,17H,8H2,1-2H3. The summed E-state index contributed by atoms with van der Waals surface area (Å²) >= 11 is 0. The monoisotopic (exact) mass is 281 g/mol. The summed E-state index contributed by atoms with van der Waals surface area (Å²) in [5, 5.41) is 11.0. The van der Waals surface area contributed by atoms with Gasteiger partial charge in [-0.05, 0) is 37.6 Å². The molecule has 0 unspecified atom stereocenters. The number of rotatable bonds is 4. The van der Waals surface area contributed by atoms with Crippen molar-refractivity contribution < 1.29 is 4.42 Å². The van der Waals surface area contributed by atoms with Gasteiger partial charge in [-0.2, -0.15) is 0 Å². The molecule has 0 saturated carbocycles. The first-order chi connectivity index (χ1) is 10.2. The summed E-state index contributed by atoms with van der Waals surface area (Å²) in [6.07, 6.45) is 3.09. The van der Waals surface area contributed by atoms with Crippen LogP contribution in [0.3, 0.4) is 0 Å². The molecule has 2 aromatic heterocycles. The van der Waals surface area contributed by atoms with Crippen molar-refractivity contribution in [1.82, 2.24) is 20.2 Å². The average molecular weight is 281 g/mol. The minimum absolute atomic E-state index is 0.510. The van der Waals surface area contributed by atoms with Crippen LogP contribution in [0.1, 0.15) is 17.1 Å². The lowest BCUT2D eigenvalue weighted by atomic mass is 10.1. The summed E-state index contributed by atoms with van der Waals surface area (Å²) in [6, 6.07) is 7.88. The van der Waals surface area contributed by atoms with E-state index in [2.05, 4.69) is 25.5 Å². The smallest absolute Gasteiger partial charge is 0.247 e. The molecular weight excluding hydrogens is 266 g/mol. The van der Waals surface area contributed by atoms with Gasteiger partial charge in [-0.25, -0.2) is 9.97 Å². The highest BCUT2D eigenvalue weighted by molar-refractivity contribution is 5.64. The summed E-state index contributed by atoms with van der Waals surface area (Å²) in [4.78, 5) is 8.47. The molecule has 0 bridgehead atoms. The number of aromatic nitrogens is 4. The van der Waals surface area contributed by atoms with Crippen molar-refractivity contribution in [2.24, 2.45) is 0 Å². The van der Waals surface area contributed by atoms with Crippen molar-refractivity contribution in [1.29, 1.82) is 0 Å². The fraction of sp³-hybridized carbons (Fsp3) is 0.200. The van der Waals surface area contributed by atoms with Gasteiger partial charge in [-0.3, -0.25) is 0 Å². The van der Waals surface area contributed by atoms with Crippen molar-refractivity contribution >= 4 is 5.69 Å². The lowest BCUT2D eigenvalue weighted by molar-refractivity contribution is 0.568. The van der Waals surface area contributed by atoms with Gasteiger partial charge in [0.25, 0.3) is 0 Å². The SMILES string of the molecule is Cc1nccc(CNc2cc(-c3nnco3)ccc2C)n1. The van der Waals surface area contributed by atoms with Crippen LogP contribution < -0.4 is 5.32 Å². The van der Waals surface area contributed by atoms with Crippen molar-refractivity contribution in [2.75, 3.05) is 5.32 Å². The van der Waals surface area contributed by atoms with Gasteiger partial charge in [0.15, 0.2) is 0 Å². The first-order valence-electron chi connectivity index (χ1n) is 6.62. The zero-order valence-electron chi connectivity index (χ0n) is 11.9. The van der Waals surface area contributed by atoms with Crippen molar-refractivity contribution in [2.45, 2.75) is 20.4 Å². The Morgan fingerprint density at radius 1 is 1.19 bits per heavy atom. The minimum Gasteiger partial charge on any atom is -0.423 e. The van der Waals surface area contributed by atoms with Crippen LogP contribution in [0.25, 0.3) is 11.5 Å². The van der Waals surface area contributed by atoms with Crippen LogP contribution in [0.4, 0.5) is 5.69 Å². The van der Waals surface area contributed by atoms with Crippen molar-refractivity contribution in [3.8, 4) is 11.5 Å². The van der Waals surface area contributed by atoms with E-state index in [0.29, 0.717) is 12.4 Å². The van der Waals surface area contributed by atoms with Gasteiger partial charge in [-0.1, -0.05) is 6.07 Å². The summed E-state index contributed by atoms with van der Waals surface area (Å²) in [6.45, 7) is 4.56. The molecule has 0 spiro atoms. The predicted octanol–water partition coefficient (Wildman–Crippen LogP) is 2.76. The van der Waals surface area contributed by atoms with Gasteiger partial charge in [0.1, 0.15) is 5.82 Å². The molecule has 0 radical (unpaired) electrons. The fourth-order valence-electron chi connectivity index (χ4n) is 2.03. The van der Waals surface area contributed by atoms with E-state index in [1.54, 1.807) is 6.20 Å². The Morgan fingerprint density at radius 2 is 2.10 bits per heavy atom. The Morgan fingerprint density at radius 3 is 2.86 bits per heavy atom. The van der Waals surface area contributed by atoms with Crippen LogP contribution in [0.2, 0.25) is 0 Å². The number of nitrogens with one attached hydrogen (secondary N) is 1. The second-order valence-electron chi connectivity index (χ2n) is 4.72. The maximum atomic E-state index is 5.22. The van der Waals surface area contributed by atoms with Gasteiger partial charge >= 0.3 is 0 Å². The van der Waals surface area contributed by atoms with Gasteiger partial charge in [0.2, 0.25) is 12.3 Å². The van der Waals surface area contributed by atoms with Crippen LogP contribution in [-0.4, -0.2) is 20.2 Å². The fourth-order valence-corrected chi connectivity index (χ4v) is 2.03. The molecule has 1 aromatic carbocycles. The Balaban J connectivity index is 1.80. The second kappa shape index (κ2) is 5.70. The van der Waals surface area contributed by atoms with Crippen LogP contribution in [0.15, 0.2) is 41.3 Å². The third kappa shape index (κ3) is 3.05. The summed E-state index contributed by atoms with van der Waals surface area (Å²) in [5.74, 6) is 1.28. The molecule has 0 amide bonds. The third-order valence-corrected chi connectivity index (χ3v) is 3.14. The number of nitrogens with zero attached hydrogens (tertiary/aromatic N) is 4. The maximum Gasteiger partial charge on any atom is 0.247 e. The van der Waals surface area contributed by atoms with E-state index in [1.165, 1.54) is 6.39 Å². The molecule has 0 atom stereocenters. The van der Waals surface area contributed by atoms with Crippen LogP contribution in [0, 0.1) is 13.8 Å². The number of anilines is 1. The normalized spacial score (nSPS) is 10.6. The summed E-state index contributed by atoms with van der Waals surface area (Å²) in [5.41, 5.74) is 4.00. The number of hydrogen-bond donors (Lipinski definition) is 1. The van der Waals surface area contributed by atoms with E-state index in [9.17, 15) is 0 Å². The second-order valence-corrected chi connectivity index (χ2v) is 4.72. The molecule has 1 N–H and O–H groups in total. The first kappa shape index (κ1) is 13.2. The molecular formula is C15H15N5O. The van der Waals surface area contributed by atoms with E-state index >= 15 is 0 Å². The Hall–Kier alpha value is -2.76. The lowest BCUT2D eigenvalue weighted by Gasteiger charge is -2.10. The molecule has 6 heteroatoms. The summed E-state index contributed by atoms with van der Waals surface area (Å²) in [7, 11) is 0. The third-order valence-electron chi connectivity index (χ3n) is 3.14. The largest absolute Gasteiger partial charge is 0.423 e. The van der Waals surface area contributed by atoms with Crippen LogP contribution in [-0.2, 0) is 6.54 Å². The topological polar surface area (TPSA) is 76.7 Å². The van der Waals surface area contributed by atoms with Crippen molar-refractivity contribution in [3.05, 3.63) is 53.9 Å². The molecule has 3 aromatic rings. The maximum absolute atomic E-state index is 5.22. The molecule has 0 aliphatic carbocycles. The van der Waals surface area contributed by atoms with E-state index in [0.717, 1.165) is 28.3 Å². The van der Waals surface area contributed by atoms with E-state index in [-0.39, 0.29) is 0 Å². The minimum atomic E-state index is 0.510. The molecule has 21 heavy (non-hydrogen) atoms. The van der Waals surface area contributed by atoms with Crippen LogP contribution >= 0.6 is 0 Å². The molecule has 0 fully saturated rings. The van der Waals surface area contributed by atoms with E-state index < -0.39 is 0 Å². The molecule has 0 aliphatic rings. The zero-order chi connectivity index (χ0) is 14.7. The number of hydrogen-bond acceptors (Lipinski definition) is 6. The highest BCUT2D eigenvalue weighted by Gasteiger charge is 2.07. The highest BCUT2D eigenvalue weighted by Crippen LogP contribution is 2.24. The van der Waals surface area contributed by atoms with Gasteiger partial charge < -0.3 is 9.73 Å². The first-order valence-corrected chi connectivity index (χ1v) is 6.62. The van der Waals surface area contributed by atoms with E-state index in [1.807, 2.05) is 38.1 Å². The van der Waals surface area contributed by atoms with Crippen molar-refractivity contribution in [3.63, 3.8) is 0 Å². The Kier molecular flexibility index (Phi) is 3.59.